The highest BCUT2D eigenvalue weighted by Gasteiger charge is 2.31. The van der Waals surface area contributed by atoms with Crippen LogP contribution in [-0.2, 0) is 4.79 Å². The van der Waals surface area contributed by atoms with Gasteiger partial charge in [-0.3, -0.25) is 4.79 Å². The average Bonchev–Trinajstić information content (AvgIpc) is 2.04. The molecule has 0 radical (unpaired) electrons. The number of carbonyl (C=O) groups excluding carboxylic acids is 1. The lowest BCUT2D eigenvalue weighted by Gasteiger charge is -2.31. The number of carbonyl (C=O) groups is 1. The summed E-state index contributed by atoms with van der Waals surface area (Å²) < 4.78 is 0. The monoisotopic (exact) mass is 181 g/mol. The Labute approximate surface area is 78.1 Å². The standard InChI is InChI=1S/C10H15NO2/c1-7-8(6-12)10(2,3)5-4-9(7)11-13/h6,13H,4-5H2,1-3H3/b11-9-. The minimum absolute atomic E-state index is 0.0833. The van der Waals surface area contributed by atoms with Crippen LogP contribution in [0, 0.1) is 5.41 Å². The van der Waals surface area contributed by atoms with Crippen molar-refractivity contribution < 1.29 is 10.0 Å². The van der Waals surface area contributed by atoms with Crippen molar-refractivity contribution in [1.29, 1.82) is 0 Å². The smallest absolute Gasteiger partial charge is 0.146 e. The van der Waals surface area contributed by atoms with Crippen LogP contribution in [0.5, 0.6) is 0 Å². The molecule has 0 saturated carbocycles. The minimum Gasteiger partial charge on any atom is -0.411 e. The summed E-state index contributed by atoms with van der Waals surface area (Å²) in [4.78, 5) is 10.9. The number of nitrogens with zero attached hydrogens (tertiary/aromatic N) is 1. The molecule has 0 aromatic rings. The number of hydrogen-bond donors (Lipinski definition) is 1. The largest absolute Gasteiger partial charge is 0.411 e. The van der Waals surface area contributed by atoms with E-state index in [0.29, 0.717) is 5.71 Å². The Balaban J connectivity index is 3.21. The van der Waals surface area contributed by atoms with Gasteiger partial charge in [-0.25, -0.2) is 0 Å². The molecule has 0 fully saturated rings. The lowest BCUT2D eigenvalue weighted by atomic mass is 9.73. The Morgan fingerprint density at radius 1 is 1.54 bits per heavy atom. The number of rotatable bonds is 1. The molecule has 0 saturated heterocycles. The van der Waals surface area contributed by atoms with Crippen LogP contribution in [-0.4, -0.2) is 17.2 Å². The summed E-state index contributed by atoms with van der Waals surface area (Å²) in [5.41, 5.74) is 2.14. The van der Waals surface area contributed by atoms with Gasteiger partial charge in [0.2, 0.25) is 0 Å². The first-order chi connectivity index (χ1) is 6.03. The van der Waals surface area contributed by atoms with Crippen LogP contribution < -0.4 is 0 Å². The third-order valence-corrected chi connectivity index (χ3v) is 2.79. The highest BCUT2D eigenvalue weighted by Crippen LogP contribution is 2.37. The van der Waals surface area contributed by atoms with E-state index in [1.807, 2.05) is 20.8 Å². The maximum absolute atomic E-state index is 10.9. The van der Waals surface area contributed by atoms with Crippen LogP contribution in [0.3, 0.4) is 0 Å². The maximum Gasteiger partial charge on any atom is 0.146 e. The van der Waals surface area contributed by atoms with Crippen molar-refractivity contribution in [2.45, 2.75) is 33.6 Å². The summed E-state index contributed by atoms with van der Waals surface area (Å²) in [6.07, 6.45) is 2.48. The van der Waals surface area contributed by atoms with Gasteiger partial charge in [-0.15, -0.1) is 0 Å². The van der Waals surface area contributed by atoms with E-state index in [2.05, 4.69) is 5.16 Å². The van der Waals surface area contributed by atoms with E-state index >= 15 is 0 Å². The molecule has 13 heavy (non-hydrogen) atoms. The summed E-state index contributed by atoms with van der Waals surface area (Å²) in [5, 5.41) is 11.9. The van der Waals surface area contributed by atoms with Crippen molar-refractivity contribution in [2.24, 2.45) is 10.6 Å². The van der Waals surface area contributed by atoms with Crippen LogP contribution >= 0.6 is 0 Å². The molecule has 3 heteroatoms. The summed E-state index contributed by atoms with van der Waals surface area (Å²) in [6.45, 7) is 5.91. The quantitative estimate of drug-likeness (QED) is 0.383. The third-order valence-electron chi connectivity index (χ3n) is 2.79. The van der Waals surface area contributed by atoms with Crippen molar-refractivity contribution in [3.63, 3.8) is 0 Å². The predicted molar refractivity (Wildman–Crippen MR) is 51.0 cm³/mol. The Hall–Kier alpha value is -1.12. The van der Waals surface area contributed by atoms with E-state index in [4.69, 9.17) is 5.21 Å². The molecule has 0 bridgehead atoms. The maximum atomic E-state index is 10.9. The highest BCUT2D eigenvalue weighted by molar-refractivity contribution is 6.05. The summed E-state index contributed by atoms with van der Waals surface area (Å²) >= 11 is 0. The number of allylic oxidation sites excluding steroid dienone is 2. The molecule has 0 heterocycles. The zero-order valence-electron chi connectivity index (χ0n) is 8.29. The van der Waals surface area contributed by atoms with E-state index in [0.717, 1.165) is 30.3 Å². The fourth-order valence-electron chi connectivity index (χ4n) is 1.79. The molecule has 0 unspecified atom stereocenters. The molecule has 1 rings (SSSR count). The van der Waals surface area contributed by atoms with Gasteiger partial charge in [-0.1, -0.05) is 19.0 Å². The number of oxime groups is 1. The van der Waals surface area contributed by atoms with E-state index in [1.54, 1.807) is 0 Å². The molecule has 3 nitrogen and oxygen atoms in total. The zero-order valence-corrected chi connectivity index (χ0v) is 8.29. The fraction of sp³-hybridized carbons (Fsp3) is 0.600. The first-order valence-corrected chi connectivity index (χ1v) is 4.41. The van der Waals surface area contributed by atoms with Crippen molar-refractivity contribution >= 4 is 12.0 Å². The number of hydrogen-bond acceptors (Lipinski definition) is 3. The number of aldehydes is 1. The van der Waals surface area contributed by atoms with Gasteiger partial charge in [0.05, 0.1) is 5.71 Å². The lowest BCUT2D eigenvalue weighted by Crippen LogP contribution is -2.26. The highest BCUT2D eigenvalue weighted by atomic mass is 16.4. The van der Waals surface area contributed by atoms with Gasteiger partial charge >= 0.3 is 0 Å². The van der Waals surface area contributed by atoms with Gasteiger partial charge in [-0.05, 0) is 30.8 Å². The second-order valence-electron chi connectivity index (χ2n) is 4.09. The average molecular weight is 181 g/mol. The molecule has 1 aliphatic rings. The van der Waals surface area contributed by atoms with Crippen molar-refractivity contribution in [1.82, 2.24) is 0 Å². The van der Waals surface area contributed by atoms with E-state index in [-0.39, 0.29) is 5.41 Å². The summed E-state index contributed by atoms with van der Waals surface area (Å²) in [7, 11) is 0. The van der Waals surface area contributed by atoms with E-state index in [1.165, 1.54) is 0 Å². The van der Waals surface area contributed by atoms with Crippen LogP contribution in [0.25, 0.3) is 0 Å². The Bertz CT molecular complexity index is 287. The van der Waals surface area contributed by atoms with Gasteiger partial charge in [0.1, 0.15) is 6.29 Å². The Kier molecular flexibility index (Phi) is 2.55. The zero-order chi connectivity index (χ0) is 10.1. The van der Waals surface area contributed by atoms with Gasteiger partial charge in [0, 0.05) is 5.57 Å². The van der Waals surface area contributed by atoms with Crippen molar-refractivity contribution in [3.8, 4) is 0 Å². The molecule has 0 amide bonds. The van der Waals surface area contributed by atoms with E-state index in [9.17, 15) is 4.79 Å². The lowest BCUT2D eigenvalue weighted by molar-refractivity contribution is -0.105. The minimum atomic E-state index is -0.0833. The molecule has 72 valence electrons. The van der Waals surface area contributed by atoms with Crippen molar-refractivity contribution in [3.05, 3.63) is 11.1 Å². The fourth-order valence-corrected chi connectivity index (χ4v) is 1.79. The SMILES string of the molecule is CC1=C(C=O)C(C)(C)CC/C1=N/O. The predicted octanol–water partition coefficient (Wildman–Crippen LogP) is 2.15. The van der Waals surface area contributed by atoms with Crippen molar-refractivity contribution in [2.75, 3.05) is 0 Å². The first kappa shape index (κ1) is 9.96. The van der Waals surface area contributed by atoms with Gasteiger partial charge in [0.15, 0.2) is 0 Å². The van der Waals surface area contributed by atoms with Crippen LogP contribution in [0.2, 0.25) is 0 Å². The van der Waals surface area contributed by atoms with Crippen LogP contribution in [0.4, 0.5) is 0 Å². The summed E-state index contributed by atoms with van der Waals surface area (Å²) in [6, 6.07) is 0. The normalized spacial score (nSPS) is 25.0. The molecular formula is C10H15NO2. The first-order valence-electron chi connectivity index (χ1n) is 4.41. The topological polar surface area (TPSA) is 49.7 Å². The van der Waals surface area contributed by atoms with Gasteiger partial charge < -0.3 is 5.21 Å². The molecule has 1 N–H and O–H groups in total. The second kappa shape index (κ2) is 3.32. The molecule has 0 aromatic carbocycles. The summed E-state index contributed by atoms with van der Waals surface area (Å²) in [5.74, 6) is 0. The molecule has 0 atom stereocenters. The third kappa shape index (κ3) is 1.64. The Morgan fingerprint density at radius 3 is 2.62 bits per heavy atom. The van der Waals surface area contributed by atoms with E-state index < -0.39 is 0 Å². The molecule has 1 aliphatic carbocycles. The van der Waals surface area contributed by atoms with Gasteiger partial charge in [-0.2, -0.15) is 0 Å². The molecular weight excluding hydrogens is 166 g/mol. The second-order valence-corrected chi connectivity index (χ2v) is 4.09. The molecule has 0 aliphatic heterocycles. The molecule has 0 aromatic heterocycles. The van der Waals surface area contributed by atoms with Gasteiger partial charge in [0.25, 0.3) is 0 Å². The van der Waals surface area contributed by atoms with Crippen LogP contribution in [0.1, 0.15) is 33.6 Å². The van der Waals surface area contributed by atoms with Crippen LogP contribution in [0.15, 0.2) is 16.3 Å². The Morgan fingerprint density at radius 2 is 2.15 bits per heavy atom. The molecule has 0 spiro atoms.